The van der Waals surface area contributed by atoms with E-state index in [-0.39, 0.29) is 5.82 Å². The van der Waals surface area contributed by atoms with Gasteiger partial charge in [0.25, 0.3) is 0 Å². The quantitative estimate of drug-likeness (QED) is 0.788. The highest BCUT2D eigenvalue weighted by atomic mass is 32.2. The highest BCUT2D eigenvalue weighted by Gasteiger charge is 2.10. The maximum atomic E-state index is 13.3. The minimum Gasteiger partial charge on any atom is -0.495 e. The number of ether oxygens (including phenoxy) is 1. The lowest BCUT2D eigenvalue weighted by Crippen LogP contribution is -2.02. The predicted molar refractivity (Wildman–Crippen MR) is 62.1 cm³/mol. The Hall–Kier alpha value is -0.740. The number of hydrogen-bond donors (Lipinski definition) is 1. The predicted octanol–water partition coefficient (Wildman–Crippen LogP) is 2.45. The Balaban J connectivity index is 3.05. The molecule has 15 heavy (non-hydrogen) atoms. The number of methoxy groups -OCH3 is 1. The Labute approximate surface area is 94.0 Å². The summed E-state index contributed by atoms with van der Waals surface area (Å²) in [5.74, 6) is 0.560. The monoisotopic (exact) mass is 229 g/mol. The largest absolute Gasteiger partial charge is 0.495 e. The second-order valence-electron chi connectivity index (χ2n) is 3.19. The summed E-state index contributed by atoms with van der Waals surface area (Å²) in [5.41, 5.74) is 6.33. The van der Waals surface area contributed by atoms with E-state index >= 15 is 0 Å². The fourth-order valence-corrected chi connectivity index (χ4v) is 2.11. The Morgan fingerprint density at radius 2 is 2.20 bits per heavy atom. The Kier molecular flexibility index (Phi) is 4.91. The molecule has 0 saturated carbocycles. The molecule has 2 N–H and O–H groups in total. The number of benzene rings is 1. The first-order valence-electron chi connectivity index (χ1n) is 4.83. The number of hydrogen-bond acceptors (Lipinski definition) is 3. The Morgan fingerprint density at radius 1 is 1.47 bits per heavy atom. The van der Waals surface area contributed by atoms with Crippen LogP contribution in [-0.4, -0.2) is 19.9 Å². The molecule has 0 aromatic heterocycles. The van der Waals surface area contributed by atoms with Gasteiger partial charge in [-0.25, -0.2) is 4.39 Å². The molecule has 1 aromatic carbocycles. The zero-order chi connectivity index (χ0) is 11.3. The molecule has 0 radical (unpaired) electrons. The van der Waals surface area contributed by atoms with Gasteiger partial charge in [-0.2, -0.15) is 0 Å². The van der Waals surface area contributed by atoms with Gasteiger partial charge in [-0.3, -0.25) is 0 Å². The molecular weight excluding hydrogens is 213 g/mol. The molecular formula is C11H16FNOS. The van der Waals surface area contributed by atoms with Crippen LogP contribution in [0.4, 0.5) is 4.39 Å². The Morgan fingerprint density at radius 3 is 2.73 bits per heavy atom. The van der Waals surface area contributed by atoms with Crippen LogP contribution in [0.5, 0.6) is 5.75 Å². The van der Waals surface area contributed by atoms with E-state index in [0.717, 1.165) is 29.1 Å². The molecule has 0 bridgehead atoms. The summed E-state index contributed by atoms with van der Waals surface area (Å²) >= 11 is 1.49. The normalized spacial score (nSPS) is 10.4. The first-order valence-corrected chi connectivity index (χ1v) is 6.05. The molecule has 0 unspecified atom stereocenters. The maximum Gasteiger partial charge on any atom is 0.135 e. The minimum atomic E-state index is -0.216. The van der Waals surface area contributed by atoms with Crippen molar-refractivity contribution in [2.45, 2.75) is 17.7 Å². The van der Waals surface area contributed by atoms with Crippen LogP contribution in [-0.2, 0) is 6.42 Å². The van der Waals surface area contributed by atoms with Crippen LogP contribution < -0.4 is 10.5 Å². The van der Waals surface area contributed by atoms with E-state index in [0.29, 0.717) is 6.54 Å². The van der Waals surface area contributed by atoms with Crippen molar-refractivity contribution in [3.63, 3.8) is 0 Å². The maximum absolute atomic E-state index is 13.3. The molecule has 0 fully saturated rings. The number of halogens is 1. The van der Waals surface area contributed by atoms with Crippen molar-refractivity contribution in [2.75, 3.05) is 19.9 Å². The SMILES string of the molecule is COc1c(CCCN)cc(F)cc1SC. The second kappa shape index (κ2) is 5.98. The number of thioether (sulfide) groups is 1. The minimum absolute atomic E-state index is 0.216. The third-order valence-electron chi connectivity index (χ3n) is 2.17. The zero-order valence-corrected chi connectivity index (χ0v) is 9.86. The fraction of sp³-hybridized carbons (Fsp3) is 0.455. The zero-order valence-electron chi connectivity index (χ0n) is 9.05. The van der Waals surface area contributed by atoms with Crippen LogP contribution in [0.2, 0.25) is 0 Å². The molecule has 0 saturated heterocycles. The molecule has 84 valence electrons. The van der Waals surface area contributed by atoms with Crippen molar-refractivity contribution in [3.05, 3.63) is 23.5 Å². The molecule has 0 aliphatic rings. The van der Waals surface area contributed by atoms with Crippen LogP contribution in [0.1, 0.15) is 12.0 Å². The van der Waals surface area contributed by atoms with Gasteiger partial charge in [-0.05, 0) is 43.3 Å². The van der Waals surface area contributed by atoms with Crippen molar-refractivity contribution < 1.29 is 9.13 Å². The van der Waals surface area contributed by atoms with Crippen LogP contribution in [0.25, 0.3) is 0 Å². The van der Waals surface area contributed by atoms with Crippen molar-refractivity contribution in [2.24, 2.45) is 5.73 Å². The third-order valence-corrected chi connectivity index (χ3v) is 2.91. The van der Waals surface area contributed by atoms with E-state index in [1.807, 2.05) is 6.26 Å². The highest BCUT2D eigenvalue weighted by molar-refractivity contribution is 7.98. The Bertz CT molecular complexity index is 331. The molecule has 0 aliphatic carbocycles. The van der Waals surface area contributed by atoms with Gasteiger partial charge in [-0.1, -0.05) is 0 Å². The van der Waals surface area contributed by atoms with Gasteiger partial charge in [-0.15, -0.1) is 11.8 Å². The van der Waals surface area contributed by atoms with Crippen LogP contribution in [0.15, 0.2) is 17.0 Å². The summed E-state index contributed by atoms with van der Waals surface area (Å²) in [6, 6.07) is 3.02. The van der Waals surface area contributed by atoms with Gasteiger partial charge < -0.3 is 10.5 Å². The van der Waals surface area contributed by atoms with Gasteiger partial charge in [0.2, 0.25) is 0 Å². The van der Waals surface area contributed by atoms with Gasteiger partial charge in [0, 0.05) is 0 Å². The van der Waals surface area contributed by atoms with Gasteiger partial charge in [0.15, 0.2) is 0 Å². The van der Waals surface area contributed by atoms with Crippen molar-refractivity contribution in [1.82, 2.24) is 0 Å². The van der Waals surface area contributed by atoms with Crippen molar-refractivity contribution in [1.29, 1.82) is 0 Å². The molecule has 0 atom stereocenters. The number of rotatable bonds is 5. The van der Waals surface area contributed by atoms with E-state index < -0.39 is 0 Å². The van der Waals surface area contributed by atoms with Gasteiger partial charge in [0.05, 0.1) is 12.0 Å². The molecule has 2 nitrogen and oxygen atoms in total. The summed E-state index contributed by atoms with van der Waals surface area (Å²) in [6.45, 7) is 0.605. The highest BCUT2D eigenvalue weighted by Crippen LogP contribution is 2.32. The van der Waals surface area contributed by atoms with Crippen molar-refractivity contribution >= 4 is 11.8 Å². The van der Waals surface area contributed by atoms with Gasteiger partial charge in [0.1, 0.15) is 11.6 Å². The summed E-state index contributed by atoms with van der Waals surface area (Å²) in [4.78, 5) is 0.838. The molecule has 0 aliphatic heterocycles. The van der Waals surface area contributed by atoms with Gasteiger partial charge >= 0.3 is 0 Å². The lowest BCUT2D eigenvalue weighted by molar-refractivity contribution is 0.397. The van der Waals surface area contributed by atoms with E-state index in [9.17, 15) is 4.39 Å². The lowest BCUT2D eigenvalue weighted by atomic mass is 10.1. The summed E-state index contributed by atoms with van der Waals surface area (Å²) < 4.78 is 18.5. The van der Waals surface area contributed by atoms with Crippen LogP contribution >= 0.6 is 11.8 Å². The topological polar surface area (TPSA) is 35.2 Å². The van der Waals surface area contributed by atoms with Crippen LogP contribution in [0, 0.1) is 5.82 Å². The first kappa shape index (κ1) is 12.3. The fourth-order valence-electron chi connectivity index (χ4n) is 1.48. The van der Waals surface area contributed by atoms with Crippen LogP contribution in [0.3, 0.4) is 0 Å². The average molecular weight is 229 g/mol. The summed E-state index contributed by atoms with van der Waals surface area (Å²) in [7, 11) is 1.61. The number of aryl methyl sites for hydroxylation is 1. The molecule has 4 heteroatoms. The smallest absolute Gasteiger partial charge is 0.135 e. The van der Waals surface area contributed by atoms with E-state index in [1.165, 1.54) is 23.9 Å². The van der Waals surface area contributed by atoms with E-state index in [4.69, 9.17) is 10.5 Å². The average Bonchev–Trinajstić information content (AvgIpc) is 2.25. The summed E-state index contributed by atoms with van der Waals surface area (Å²) in [5, 5.41) is 0. The molecule has 1 aromatic rings. The molecule has 0 spiro atoms. The molecule has 1 rings (SSSR count). The van der Waals surface area contributed by atoms with Crippen molar-refractivity contribution in [3.8, 4) is 5.75 Å². The van der Waals surface area contributed by atoms with E-state index in [1.54, 1.807) is 7.11 Å². The molecule has 0 heterocycles. The third kappa shape index (κ3) is 3.11. The lowest BCUT2D eigenvalue weighted by Gasteiger charge is -2.12. The molecule has 0 amide bonds. The van der Waals surface area contributed by atoms with E-state index in [2.05, 4.69) is 0 Å². The second-order valence-corrected chi connectivity index (χ2v) is 4.04. The number of nitrogens with two attached hydrogens (primary N) is 1. The first-order chi connectivity index (χ1) is 7.22. The summed E-state index contributed by atoms with van der Waals surface area (Å²) in [6.07, 6.45) is 3.50. The standard InChI is InChI=1S/C11H16FNOS/c1-14-11-8(4-3-5-13)6-9(12)7-10(11)15-2/h6-7H,3-5,13H2,1-2H3.